The summed E-state index contributed by atoms with van der Waals surface area (Å²) in [6, 6.07) is 4.27. The Hall–Kier alpha value is -2.10. The van der Waals surface area contributed by atoms with E-state index in [-0.39, 0.29) is 5.78 Å². The number of methoxy groups -OCH3 is 1. The van der Waals surface area contributed by atoms with Crippen LogP contribution in [0, 0.1) is 32.1 Å². The van der Waals surface area contributed by atoms with E-state index in [1.165, 1.54) is 17.3 Å². The fourth-order valence-electron chi connectivity index (χ4n) is 3.99. The Bertz CT molecular complexity index is 940. The molecule has 0 saturated heterocycles. The summed E-state index contributed by atoms with van der Waals surface area (Å²) in [5.41, 5.74) is 6.84. The van der Waals surface area contributed by atoms with Crippen LogP contribution < -0.4 is 0 Å². The number of carbonyl (C=O) groups is 1. The summed E-state index contributed by atoms with van der Waals surface area (Å²) in [6.07, 6.45) is 3.98. The Morgan fingerprint density at radius 2 is 2.14 bits per heavy atom. The molecule has 0 aromatic carbocycles. The monoisotopic (exact) mass is 397 g/mol. The van der Waals surface area contributed by atoms with E-state index < -0.39 is 0 Å². The van der Waals surface area contributed by atoms with E-state index in [2.05, 4.69) is 10.6 Å². The van der Waals surface area contributed by atoms with Gasteiger partial charge in [-0.2, -0.15) is 5.26 Å². The third-order valence-corrected chi connectivity index (χ3v) is 6.50. The number of pyridine rings is 1. The number of nitriles is 1. The lowest BCUT2D eigenvalue weighted by Gasteiger charge is -2.11. The lowest BCUT2D eigenvalue weighted by Crippen LogP contribution is -2.09. The molecule has 0 atom stereocenters. The summed E-state index contributed by atoms with van der Waals surface area (Å²) >= 11 is 1.39. The Kier molecular flexibility index (Phi) is 6.58. The van der Waals surface area contributed by atoms with Gasteiger partial charge in [-0.1, -0.05) is 11.8 Å². The van der Waals surface area contributed by atoms with Gasteiger partial charge in [0.25, 0.3) is 0 Å². The predicted octanol–water partition coefficient (Wildman–Crippen LogP) is 4.18. The van der Waals surface area contributed by atoms with E-state index >= 15 is 0 Å². The number of nitrogens with zero attached hydrogens (tertiary/aromatic N) is 3. The van der Waals surface area contributed by atoms with Crippen molar-refractivity contribution >= 4 is 17.5 Å². The zero-order valence-electron chi connectivity index (χ0n) is 17.1. The number of aryl methyl sites for hydroxylation is 2. The van der Waals surface area contributed by atoms with Crippen molar-refractivity contribution < 1.29 is 9.53 Å². The predicted molar refractivity (Wildman–Crippen MR) is 111 cm³/mol. The minimum absolute atomic E-state index is 0.0833. The molecule has 2 aromatic rings. The second-order valence-electron chi connectivity index (χ2n) is 7.30. The molecule has 0 radical (unpaired) electrons. The van der Waals surface area contributed by atoms with Crippen molar-refractivity contribution in [2.75, 3.05) is 19.5 Å². The number of Topliss-reactive ketones (excluding diaryl/α,β-unsaturated/α-hetero) is 1. The van der Waals surface area contributed by atoms with E-state index in [9.17, 15) is 10.1 Å². The van der Waals surface area contributed by atoms with Crippen LogP contribution in [0.5, 0.6) is 0 Å². The maximum atomic E-state index is 12.9. The smallest absolute Gasteiger partial charge is 0.174 e. The zero-order valence-corrected chi connectivity index (χ0v) is 17.9. The van der Waals surface area contributed by atoms with Gasteiger partial charge in [0.2, 0.25) is 0 Å². The van der Waals surface area contributed by atoms with E-state index in [0.717, 1.165) is 60.4 Å². The highest BCUT2D eigenvalue weighted by molar-refractivity contribution is 8.00. The normalized spacial score (nSPS) is 12.8. The van der Waals surface area contributed by atoms with Crippen molar-refractivity contribution in [1.29, 1.82) is 5.26 Å². The highest BCUT2D eigenvalue weighted by Crippen LogP contribution is 2.32. The van der Waals surface area contributed by atoms with Gasteiger partial charge in [0.15, 0.2) is 5.78 Å². The van der Waals surface area contributed by atoms with Crippen LogP contribution in [0.2, 0.25) is 0 Å². The zero-order chi connectivity index (χ0) is 20.3. The number of ether oxygens (including phenoxy) is 1. The molecule has 3 rings (SSSR count). The highest BCUT2D eigenvalue weighted by Gasteiger charge is 2.22. The molecule has 0 aliphatic heterocycles. The molecular formula is C22H27N3O2S. The van der Waals surface area contributed by atoms with Crippen LogP contribution in [0.15, 0.2) is 11.1 Å². The summed E-state index contributed by atoms with van der Waals surface area (Å²) in [5, 5.41) is 10.3. The molecule has 0 bridgehead atoms. The Morgan fingerprint density at radius 1 is 1.36 bits per heavy atom. The van der Waals surface area contributed by atoms with Gasteiger partial charge < -0.3 is 9.30 Å². The Balaban J connectivity index is 1.76. The molecule has 0 N–H and O–H groups in total. The van der Waals surface area contributed by atoms with Gasteiger partial charge in [-0.05, 0) is 63.6 Å². The summed E-state index contributed by atoms with van der Waals surface area (Å²) in [4.78, 5) is 17.6. The molecule has 1 aliphatic carbocycles. The Morgan fingerprint density at radius 3 is 2.86 bits per heavy atom. The van der Waals surface area contributed by atoms with Gasteiger partial charge in [-0.25, -0.2) is 4.98 Å². The number of hydrogen-bond donors (Lipinski definition) is 0. The number of ketones is 1. The molecule has 0 fully saturated rings. The summed E-state index contributed by atoms with van der Waals surface area (Å²) in [7, 11) is 1.70. The molecule has 148 valence electrons. The SMILES string of the molecule is COCCCn1c(C)cc(C(=O)CSc2nc3c(c(C)c2C#N)CCC3)c1C. The molecule has 0 saturated carbocycles. The lowest BCUT2D eigenvalue weighted by atomic mass is 10.0. The number of thioether (sulfide) groups is 1. The molecular weight excluding hydrogens is 370 g/mol. The fraction of sp³-hybridized carbons (Fsp3) is 0.500. The largest absolute Gasteiger partial charge is 0.385 e. The first-order valence-electron chi connectivity index (χ1n) is 9.72. The minimum atomic E-state index is 0.0833. The van der Waals surface area contributed by atoms with Crippen LogP contribution in [0.4, 0.5) is 0 Å². The van der Waals surface area contributed by atoms with E-state index in [1.807, 2.05) is 26.8 Å². The van der Waals surface area contributed by atoms with Crippen molar-refractivity contribution in [3.63, 3.8) is 0 Å². The van der Waals surface area contributed by atoms with Crippen molar-refractivity contribution in [3.8, 4) is 6.07 Å². The Labute approximate surface area is 171 Å². The molecule has 28 heavy (non-hydrogen) atoms. The van der Waals surface area contributed by atoms with Crippen LogP contribution in [0.1, 0.15) is 57.0 Å². The molecule has 2 aromatic heterocycles. The molecule has 1 aliphatic rings. The van der Waals surface area contributed by atoms with Gasteiger partial charge in [-0.3, -0.25) is 4.79 Å². The van der Waals surface area contributed by atoms with Gasteiger partial charge in [0.05, 0.1) is 11.3 Å². The van der Waals surface area contributed by atoms with Crippen molar-refractivity contribution in [2.45, 2.75) is 58.0 Å². The van der Waals surface area contributed by atoms with E-state index in [0.29, 0.717) is 22.9 Å². The third kappa shape index (κ3) is 4.01. The van der Waals surface area contributed by atoms with Crippen molar-refractivity contribution in [3.05, 3.63) is 45.4 Å². The average molecular weight is 398 g/mol. The van der Waals surface area contributed by atoms with E-state index in [1.54, 1.807) is 7.11 Å². The quantitative estimate of drug-likeness (QED) is 0.380. The number of rotatable bonds is 8. The first-order chi connectivity index (χ1) is 13.5. The first kappa shape index (κ1) is 20.6. The van der Waals surface area contributed by atoms with Crippen LogP contribution >= 0.6 is 11.8 Å². The van der Waals surface area contributed by atoms with Crippen LogP contribution in [-0.2, 0) is 24.1 Å². The molecule has 6 heteroatoms. The topological polar surface area (TPSA) is 67.9 Å². The first-order valence-corrected chi connectivity index (χ1v) is 10.7. The maximum absolute atomic E-state index is 12.9. The maximum Gasteiger partial charge on any atom is 0.174 e. The molecule has 0 amide bonds. The lowest BCUT2D eigenvalue weighted by molar-refractivity contribution is 0.102. The number of hydrogen-bond acceptors (Lipinski definition) is 5. The summed E-state index contributed by atoms with van der Waals surface area (Å²) in [5.74, 6) is 0.377. The van der Waals surface area contributed by atoms with Crippen molar-refractivity contribution in [1.82, 2.24) is 9.55 Å². The van der Waals surface area contributed by atoms with Gasteiger partial charge in [-0.15, -0.1) is 0 Å². The number of carbonyl (C=O) groups excluding carboxylic acids is 1. The summed E-state index contributed by atoms with van der Waals surface area (Å²) in [6.45, 7) is 7.58. The van der Waals surface area contributed by atoms with Gasteiger partial charge >= 0.3 is 0 Å². The molecule has 2 heterocycles. The molecule has 5 nitrogen and oxygen atoms in total. The fourth-order valence-corrected chi connectivity index (χ4v) is 4.93. The van der Waals surface area contributed by atoms with Crippen LogP contribution in [0.3, 0.4) is 0 Å². The third-order valence-electron chi connectivity index (χ3n) is 5.52. The second-order valence-corrected chi connectivity index (χ2v) is 8.27. The number of aromatic nitrogens is 2. The van der Waals surface area contributed by atoms with Crippen LogP contribution in [-0.4, -0.2) is 34.8 Å². The number of fused-ring (bicyclic) bond motifs is 1. The molecule has 0 unspecified atom stereocenters. The van der Waals surface area contributed by atoms with Gasteiger partial charge in [0.1, 0.15) is 11.1 Å². The van der Waals surface area contributed by atoms with E-state index in [4.69, 9.17) is 9.72 Å². The average Bonchev–Trinajstić information content (AvgIpc) is 3.26. The standard InChI is InChI=1S/C22H27N3O2S/c1-14-11-18(16(3)25(14)9-6-10-27-4)21(26)13-28-22-19(12-23)15(2)17-7-5-8-20(17)24-22/h11H,5-10,13H2,1-4H3. The highest BCUT2D eigenvalue weighted by atomic mass is 32.2. The second kappa shape index (κ2) is 8.93. The van der Waals surface area contributed by atoms with Crippen LogP contribution in [0.25, 0.3) is 0 Å². The van der Waals surface area contributed by atoms with Gasteiger partial charge in [0, 0.05) is 42.9 Å². The summed E-state index contributed by atoms with van der Waals surface area (Å²) < 4.78 is 7.31. The van der Waals surface area contributed by atoms with Crippen molar-refractivity contribution in [2.24, 2.45) is 0 Å². The minimum Gasteiger partial charge on any atom is -0.385 e. The molecule has 0 spiro atoms.